The molecule has 2 aromatic carbocycles. The maximum Gasteiger partial charge on any atom is 0.304 e. The van der Waals surface area contributed by atoms with E-state index in [1.54, 1.807) is 18.2 Å². The van der Waals surface area contributed by atoms with E-state index in [-0.39, 0.29) is 24.4 Å². The summed E-state index contributed by atoms with van der Waals surface area (Å²) in [6, 6.07) is 17.6. The maximum absolute atomic E-state index is 12.7. The Bertz CT molecular complexity index is 730. The molecule has 0 bridgehead atoms. The summed E-state index contributed by atoms with van der Waals surface area (Å²) in [5.74, 6) is -1.02. The molecule has 1 N–H and O–H groups in total. The van der Waals surface area contributed by atoms with E-state index in [9.17, 15) is 13.2 Å². The maximum atomic E-state index is 12.7. The number of hydrogen-bond acceptors (Lipinski definition) is 3. The van der Waals surface area contributed by atoms with Crippen LogP contribution in [-0.2, 0) is 21.2 Å². The van der Waals surface area contributed by atoms with Crippen molar-refractivity contribution in [1.82, 2.24) is 4.31 Å². The van der Waals surface area contributed by atoms with Crippen molar-refractivity contribution in [2.75, 3.05) is 13.1 Å². The zero-order valence-corrected chi connectivity index (χ0v) is 13.4. The van der Waals surface area contributed by atoms with E-state index in [0.717, 1.165) is 5.56 Å². The average molecular weight is 333 g/mol. The number of nitrogens with zero attached hydrogens (tertiary/aromatic N) is 1. The minimum Gasteiger partial charge on any atom is -0.481 e. The monoisotopic (exact) mass is 333 g/mol. The molecule has 23 heavy (non-hydrogen) atoms. The fourth-order valence-electron chi connectivity index (χ4n) is 2.21. The van der Waals surface area contributed by atoms with Gasteiger partial charge in [0.05, 0.1) is 11.3 Å². The van der Waals surface area contributed by atoms with Gasteiger partial charge in [-0.15, -0.1) is 0 Å². The van der Waals surface area contributed by atoms with Crippen LogP contribution in [0.1, 0.15) is 12.0 Å². The van der Waals surface area contributed by atoms with Gasteiger partial charge in [-0.2, -0.15) is 4.31 Å². The minimum atomic E-state index is -3.70. The van der Waals surface area contributed by atoms with Gasteiger partial charge in [0.1, 0.15) is 0 Å². The fraction of sp³-hybridized carbons (Fsp3) is 0.235. The highest BCUT2D eigenvalue weighted by Crippen LogP contribution is 2.16. The molecule has 0 amide bonds. The highest BCUT2D eigenvalue weighted by Gasteiger charge is 2.24. The first-order valence-electron chi connectivity index (χ1n) is 7.31. The van der Waals surface area contributed by atoms with Crippen molar-refractivity contribution in [3.63, 3.8) is 0 Å². The van der Waals surface area contributed by atoms with E-state index in [4.69, 9.17) is 5.11 Å². The topological polar surface area (TPSA) is 74.7 Å². The minimum absolute atomic E-state index is 0.0423. The highest BCUT2D eigenvalue weighted by molar-refractivity contribution is 7.89. The van der Waals surface area contributed by atoms with Crippen LogP contribution in [0.3, 0.4) is 0 Å². The number of sulfonamides is 1. The molecule has 122 valence electrons. The first-order valence-corrected chi connectivity index (χ1v) is 8.75. The molecule has 2 aromatic rings. The van der Waals surface area contributed by atoms with Crippen LogP contribution in [0.5, 0.6) is 0 Å². The summed E-state index contributed by atoms with van der Waals surface area (Å²) >= 11 is 0. The highest BCUT2D eigenvalue weighted by atomic mass is 32.2. The van der Waals surface area contributed by atoms with Crippen molar-refractivity contribution < 1.29 is 18.3 Å². The Morgan fingerprint density at radius 1 is 0.913 bits per heavy atom. The van der Waals surface area contributed by atoms with Gasteiger partial charge >= 0.3 is 5.97 Å². The Balaban J connectivity index is 2.18. The van der Waals surface area contributed by atoms with Crippen LogP contribution in [0.25, 0.3) is 0 Å². The third-order valence-electron chi connectivity index (χ3n) is 3.45. The number of carboxylic acids is 1. The Kier molecular flexibility index (Phi) is 5.90. The van der Waals surface area contributed by atoms with Gasteiger partial charge in [-0.1, -0.05) is 48.5 Å². The van der Waals surface area contributed by atoms with Crippen LogP contribution in [-0.4, -0.2) is 36.9 Å². The first kappa shape index (κ1) is 17.2. The van der Waals surface area contributed by atoms with Crippen LogP contribution < -0.4 is 0 Å². The molecular formula is C17H19NO4S. The van der Waals surface area contributed by atoms with E-state index < -0.39 is 16.0 Å². The van der Waals surface area contributed by atoms with Crippen LogP contribution in [0.15, 0.2) is 65.6 Å². The summed E-state index contributed by atoms with van der Waals surface area (Å²) in [6.45, 7) is 0.202. The summed E-state index contributed by atoms with van der Waals surface area (Å²) in [5, 5.41) is 8.86. The predicted octanol–water partition coefficient (Wildman–Crippen LogP) is 2.39. The number of hydrogen-bond donors (Lipinski definition) is 1. The second kappa shape index (κ2) is 7.89. The quantitative estimate of drug-likeness (QED) is 0.805. The lowest BCUT2D eigenvalue weighted by atomic mass is 10.1. The van der Waals surface area contributed by atoms with Crippen LogP contribution in [0.4, 0.5) is 0 Å². The van der Waals surface area contributed by atoms with Gasteiger partial charge in [0.15, 0.2) is 0 Å². The van der Waals surface area contributed by atoms with Gasteiger partial charge in [-0.25, -0.2) is 8.42 Å². The van der Waals surface area contributed by atoms with Gasteiger partial charge in [-0.05, 0) is 24.1 Å². The molecule has 0 saturated heterocycles. The summed E-state index contributed by atoms with van der Waals surface area (Å²) in [5.41, 5.74) is 1.01. The van der Waals surface area contributed by atoms with Gasteiger partial charge in [-0.3, -0.25) is 4.79 Å². The van der Waals surface area contributed by atoms with Crippen LogP contribution in [0, 0.1) is 0 Å². The second-order valence-electron chi connectivity index (χ2n) is 5.10. The smallest absolute Gasteiger partial charge is 0.304 e. The third-order valence-corrected chi connectivity index (χ3v) is 5.36. The van der Waals surface area contributed by atoms with Gasteiger partial charge < -0.3 is 5.11 Å². The summed E-state index contributed by atoms with van der Waals surface area (Å²) < 4.78 is 26.6. The molecule has 0 unspecified atom stereocenters. The molecule has 0 aromatic heterocycles. The molecule has 0 aliphatic rings. The van der Waals surface area contributed by atoms with Crippen molar-refractivity contribution in [2.24, 2.45) is 0 Å². The Morgan fingerprint density at radius 2 is 1.48 bits per heavy atom. The molecule has 0 saturated carbocycles. The zero-order chi connectivity index (χ0) is 16.7. The van der Waals surface area contributed by atoms with Gasteiger partial charge in [0, 0.05) is 13.1 Å². The molecule has 0 radical (unpaired) electrons. The van der Waals surface area contributed by atoms with E-state index in [0.29, 0.717) is 6.42 Å². The van der Waals surface area contributed by atoms with E-state index in [1.807, 2.05) is 30.3 Å². The molecular weight excluding hydrogens is 314 g/mol. The van der Waals surface area contributed by atoms with E-state index in [1.165, 1.54) is 16.4 Å². The van der Waals surface area contributed by atoms with Crippen molar-refractivity contribution >= 4 is 16.0 Å². The van der Waals surface area contributed by atoms with Crippen molar-refractivity contribution in [3.05, 3.63) is 66.2 Å². The molecule has 0 heterocycles. The van der Waals surface area contributed by atoms with Gasteiger partial charge in [0.25, 0.3) is 0 Å². The number of carbonyl (C=O) groups is 1. The lowest BCUT2D eigenvalue weighted by Gasteiger charge is -2.21. The van der Waals surface area contributed by atoms with E-state index in [2.05, 4.69) is 0 Å². The molecule has 0 atom stereocenters. The summed E-state index contributed by atoms with van der Waals surface area (Å²) in [6.07, 6.45) is 0.313. The van der Waals surface area contributed by atoms with Gasteiger partial charge in [0.2, 0.25) is 10.0 Å². The summed E-state index contributed by atoms with van der Waals surface area (Å²) in [4.78, 5) is 11.0. The SMILES string of the molecule is O=C(O)CCN(CCc1ccccc1)S(=O)(=O)c1ccccc1. The van der Waals surface area contributed by atoms with Crippen molar-refractivity contribution in [3.8, 4) is 0 Å². The number of rotatable bonds is 8. The molecule has 0 aliphatic heterocycles. The average Bonchev–Trinajstić information content (AvgIpc) is 2.56. The molecule has 0 aliphatic carbocycles. The number of carboxylic acid groups (broad SMARTS) is 1. The standard InChI is InChI=1S/C17H19NO4S/c19-17(20)12-14-18(13-11-15-7-3-1-4-8-15)23(21,22)16-9-5-2-6-10-16/h1-10H,11-14H2,(H,19,20). The normalized spacial score (nSPS) is 11.5. The number of benzene rings is 2. The first-order chi connectivity index (χ1) is 11.0. The van der Waals surface area contributed by atoms with E-state index >= 15 is 0 Å². The Hall–Kier alpha value is -2.18. The molecule has 0 spiro atoms. The third kappa shape index (κ3) is 4.91. The molecule has 2 rings (SSSR count). The Morgan fingerprint density at radius 3 is 2.04 bits per heavy atom. The fourth-order valence-corrected chi connectivity index (χ4v) is 3.68. The largest absolute Gasteiger partial charge is 0.481 e. The zero-order valence-electron chi connectivity index (χ0n) is 12.6. The molecule has 0 fully saturated rings. The lowest BCUT2D eigenvalue weighted by Crippen LogP contribution is -2.34. The number of aliphatic carboxylic acids is 1. The van der Waals surface area contributed by atoms with Crippen LogP contribution in [0.2, 0.25) is 0 Å². The second-order valence-corrected chi connectivity index (χ2v) is 7.03. The van der Waals surface area contributed by atoms with Crippen molar-refractivity contribution in [2.45, 2.75) is 17.7 Å². The molecule has 5 nitrogen and oxygen atoms in total. The van der Waals surface area contributed by atoms with Crippen molar-refractivity contribution in [1.29, 1.82) is 0 Å². The van der Waals surface area contributed by atoms with Crippen LogP contribution >= 0.6 is 0 Å². The lowest BCUT2D eigenvalue weighted by molar-refractivity contribution is -0.137. The molecule has 6 heteroatoms. The predicted molar refractivity (Wildman–Crippen MR) is 87.6 cm³/mol. The summed E-state index contributed by atoms with van der Waals surface area (Å²) in [7, 11) is -3.70. The Labute approximate surface area is 136 Å².